The number of hydrogen-bond acceptors (Lipinski definition) is 7. The SMILES string of the molecule is CCC(C)N(C(=O)c1cccc([N+](=O)[O-])c1)C1CC(=O)N(c2ccc(OC(C)=O)cc2)C1=O. The third-order valence-corrected chi connectivity index (χ3v) is 5.42. The summed E-state index contributed by atoms with van der Waals surface area (Å²) in [5.41, 5.74) is 0.109. The highest BCUT2D eigenvalue weighted by Gasteiger charge is 2.45. The van der Waals surface area contributed by atoms with Gasteiger partial charge in [-0.1, -0.05) is 13.0 Å². The third-order valence-electron chi connectivity index (χ3n) is 5.42. The van der Waals surface area contributed by atoms with E-state index in [1.54, 1.807) is 6.92 Å². The molecule has 0 radical (unpaired) electrons. The Morgan fingerprint density at radius 2 is 1.88 bits per heavy atom. The van der Waals surface area contributed by atoms with Crippen LogP contribution in [0.25, 0.3) is 0 Å². The molecule has 1 heterocycles. The molecule has 0 saturated carbocycles. The second-order valence-corrected chi connectivity index (χ2v) is 7.65. The predicted molar refractivity (Wildman–Crippen MR) is 118 cm³/mol. The molecule has 2 aromatic rings. The van der Waals surface area contributed by atoms with Gasteiger partial charge in [-0.05, 0) is 43.7 Å². The third kappa shape index (κ3) is 4.89. The molecule has 33 heavy (non-hydrogen) atoms. The summed E-state index contributed by atoms with van der Waals surface area (Å²) in [7, 11) is 0. The lowest BCUT2D eigenvalue weighted by molar-refractivity contribution is -0.384. The number of nitro benzene ring substituents is 1. The summed E-state index contributed by atoms with van der Waals surface area (Å²) in [5.74, 6) is -1.85. The van der Waals surface area contributed by atoms with Gasteiger partial charge < -0.3 is 9.64 Å². The number of carbonyl (C=O) groups excluding carboxylic acids is 4. The van der Waals surface area contributed by atoms with E-state index in [-0.39, 0.29) is 29.1 Å². The fraction of sp³-hybridized carbons (Fsp3) is 0.304. The molecule has 0 aromatic heterocycles. The average molecular weight is 453 g/mol. The second-order valence-electron chi connectivity index (χ2n) is 7.65. The highest BCUT2D eigenvalue weighted by atomic mass is 16.6. The van der Waals surface area contributed by atoms with Crippen molar-refractivity contribution in [3.05, 3.63) is 64.2 Å². The number of imide groups is 1. The van der Waals surface area contributed by atoms with Crippen LogP contribution in [0, 0.1) is 10.1 Å². The number of benzene rings is 2. The normalized spacial score (nSPS) is 16.5. The first kappa shape index (κ1) is 23.6. The molecule has 1 aliphatic heterocycles. The van der Waals surface area contributed by atoms with E-state index < -0.39 is 40.7 Å². The molecule has 10 nitrogen and oxygen atoms in total. The monoisotopic (exact) mass is 453 g/mol. The molecule has 3 rings (SSSR count). The number of nitro groups is 1. The van der Waals surface area contributed by atoms with Crippen LogP contribution >= 0.6 is 0 Å². The van der Waals surface area contributed by atoms with E-state index in [9.17, 15) is 29.3 Å². The molecule has 1 fully saturated rings. The summed E-state index contributed by atoms with van der Waals surface area (Å²) in [5, 5.41) is 11.1. The first-order chi connectivity index (χ1) is 15.6. The molecule has 2 atom stereocenters. The van der Waals surface area contributed by atoms with Crippen LogP contribution in [0.4, 0.5) is 11.4 Å². The molecule has 2 unspecified atom stereocenters. The van der Waals surface area contributed by atoms with Crippen LogP contribution in [-0.2, 0) is 14.4 Å². The first-order valence-electron chi connectivity index (χ1n) is 10.4. The van der Waals surface area contributed by atoms with Crippen molar-refractivity contribution in [2.45, 2.75) is 45.7 Å². The Kier molecular flexibility index (Phi) is 6.86. The molecule has 0 spiro atoms. The second kappa shape index (κ2) is 9.60. The summed E-state index contributed by atoms with van der Waals surface area (Å²) in [6.07, 6.45) is 0.297. The summed E-state index contributed by atoms with van der Waals surface area (Å²) in [6, 6.07) is 9.71. The Morgan fingerprint density at radius 1 is 1.21 bits per heavy atom. The summed E-state index contributed by atoms with van der Waals surface area (Å²) < 4.78 is 4.97. The topological polar surface area (TPSA) is 127 Å². The Bertz CT molecular complexity index is 1110. The van der Waals surface area contributed by atoms with Gasteiger partial charge in [0.1, 0.15) is 11.8 Å². The predicted octanol–water partition coefficient (Wildman–Crippen LogP) is 3.09. The largest absolute Gasteiger partial charge is 0.427 e. The Labute approximate surface area is 189 Å². The fourth-order valence-electron chi connectivity index (χ4n) is 3.68. The minimum Gasteiger partial charge on any atom is -0.427 e. The van der Waals surface area contributed by atoms with Crippen molar-refractivity contribution >= 4 is 35.1 Å². The van der Waals surface area contributed by atoms with Crippen LogP contribution in [-0.4, -0.2) is 45.6 Å². The van der Waals surface area contributed by atoms with E-state index in [2.05, 4.69) is 0 Å². The van der Waals surface area contributed by atoms with Crippen molar-refractivity contribution in [3.63, 3.8) is 0 Å². The van der Waals surface area contributed by atoms with Crippen LogP contribution in [0.1, 0.15) is 44.0 Å². The number of non-ortho nitro benzene ring substituents is 1. The van der Waals surface area contributed by atoms with Crippen molar-refractivity contribution in [1.29, 1.82) is 0 Å². The maximum Gasteiger partial charge on any atom is 0.308 e. The molecule has 2 aromatic carbocycles. The summed E-state index contributed by atoms with van der Waals surface area (Å²) in [4.78, 5) is 63.3. The van der Waals surface area contributed by atoms with Crippen molar-refractivity contribution in [2.75, 3.05) is 4.90 Å². The zero-order valence-electron chi connectivity index (χ0n) is 18.4. The van der Waals surface area contributed by atoms with Crippen LogP contribution in [0.5, 0.6) is 5.75 Å². The number of anilines is 1. The molecule has 3 amide bonds. The first-order valence-corrected chi connectivity index (χ1v) is 10.4. The van der Waals surface area contributed by atoms with E-state index in [0.29, 0.717) is 6.42 Å². The maximum absolute atomic E-state index is 13.3. The van der Waals surface area contributed by atoms with Crippen molar-refractivity contribution in [3.8, 4) is 5.75 Å². The lowest BCUT2D eigenvalue weighted by Gasteiger charge is -2.33. The summed E-state index contributed by atoms with van der Waals surface area (Å²) in [6.45, 7) is 4.85. The van der Waals surface area contributed by atoms with Gasteiger partial charge in [0, 0.05) is 30.7 Å². The number of carbonyl (C=O) groups is 4. The maximum atomic E-state index is 13.3. The number of hydrogen-bond donors (Lipinski definition) is 0. The quantitative estimate of drug-likeness (QED) is 0.207. The lowest BCUT2D eigenvalue weighted by atomic mass is 10.1. The standard InChI is InChI=1S/C23H23N3O7/c1-4-14(2)24(22(29)16-6-5-7-18(12-16)26(31)32)20-13-21(28)25(23(20)30)17-8-10-19(11-9-17)33-15(3)27/h5-12,14,20H,4,13H2,1-3H3. The van der Waals surface area contributed by atoms with Crippen molar-refractivity contribution in [2.24, 2.45) is 0 Å². The zero-order valence-corrected chi connectivity index (χ0v) is 18.4. The molecule has 1 aliphatic rings. The molecular formula is C23H23N3O7. The van der Waals surface area contributed by atoms with Gasteiger partial charge in [0.05, 0.1) is 17.0 Å². The van der Waals surface area contributed by atoms with E-state index >= 15 is 0 Å². The highest BCUT2D eigenvalue weighted by molar-refractivity contribution is 6.23. The van der Waals surface area contributed by atoms with Gasteiger partial charge in [-0.3, -0.25) is 29.3 Å². The molecule has 0 N–H and O–H groups in total. The fourth-order valence-corrected chi connectivity index (χ4v) is 3.68. The van der Waals surface area contributed by atoms with E-state index in [0.717, 1.165) is 11.0 Å². The van der Waals surface area contributed by atoms with E-state index in [4.69, 9.17) is 4.74 Å². The molecular weight excluding hydrogens is 430 g/mol. The van der Waals surface area contributed by atoms with E-state index in [1.807, 2.05) is 6.92 Å². The van der Waals surface area contributed by atoms with Gasteiger partial charge in [0.25, 0.3) is 17.5 Å². The van der Waals surface area contributed by atoms with Crippen molar-refractivity contribution in [1.82, 2.24) is 4.90 Å². The molecule has 0 aliphatic carbocycles. The number of ether oxygens (including phenoxy) is 1. The van der Waals surface area contributed by atoms with Gasteiger partial charge in [-0.2, -0.15) is 0 Å². The molecule has 0 bridgehead atoms. The van der Waals surface area contributed by atoms with Crippen molar-refractivity contribution < 1.29 is 28.8 Å². The lowest BCUT2D eigenvalue weighted by Crippen LogP contribution is -2.49. The molecule has 172 valence electrons. The van der Waals surface area contributed by atoms with Crippen LogP contribution < -0.4 is 9.64 Å². The zero-order chi connectivity index (χ0) is 24.3. The smallest absolute Gasteiger partial charge is 0.308 e. The van der Waals surface area contributed by atoms with E-state index in [1.165, 1.54) is 54.3 Å². The minimum atomic E-state index is -1.05. The Hall–Kier alpha value is -4.08. The highest BCUT2D eigenvalue weighted by Crippen LogP contribution is 2.30. The van der Waals surface area contributed by atoms with Gasteiger partial charge in [-0.25, -0.2) is 4.90 Å². The minimum absolute atomic E-state index is 0.0638. The molecule has 1 saturated heterocycles. The van der Waals surface area contributed by atoms with Crippen LogP contribution in [0.3, 0.4) is 0 Å². The Balaban J connectivity index is 1.91. The molecule has 10 heteroatoms. The number of rotatable bonds is 7. The summed E-state index contributed by atoms with van der Waals surface area (Å²) >= 11 is 0. The van der Waals surface area contributed by atoms with Crippen LogP contribution in [0.15, 0.2) is 48.5 Å². The van der Waals surface area contributed by atoms with Gasteiger partial charge in [0.2, 0.25) is 5.91 Å². The number of amides is 3. The number of esters is 1. The van der Waals surface area contributed by atoms with Gasteiger partial charge >= 0.3 is 5.97 Å². The Morgan fingerprint density at radius 3 is 2.45 bits per heavy atom. The average Bonchev–Trinajstić information content (AvgIpc) is 3.07. The van der Waals surface area contributed by atoms with Gasteiger partial charge in [-0.15, -0.1) is 0 Å². The van der Waals surface area contributed by atoms with Gasteiger partial charge in [0.15, 0.2) is 0 Å². The number of nitrogens with zero attached hydrogens (tertiary/aromatic N) is 3. The van der Waals surface area contributed by atoms with Crippen LogP contribution in [0.2, 0.25) is 0 Å².